The monoisotopic (exact) mass is 374 g/mol. The first-order valence-corrected chi connectivity index (χ1v) is 10.0. The third-order valence-electron chi connectivity index (χ3n) is 4.39. The van der Waals surface area contributed by atoms with Gasteiger partial charge in [-0.15, -0.1) is 0 Å². The van der Waals surface area contributed by atoms with E-state index in [1.165, 1.54) is 0 Å². The zero-order chi connectivity index (χ0) is 18.3. The maximum absolute atomic E-state index is 12.9. The molecule has 0 fully saturated rings. The minimum Gasteiger partial charge on any atom is -0.451 e. The predicted octanol–water partition coefficient (Wildman–Crippen LogP) is 1.38. The average Bonchev–Trinajstić information content (AvgIpc) is 3.24. The molecular formula is C17H18N4O4S. The van der Waals surface area contributed by atoms with Gasteiger partial charge in [-0.2, -0.15) is 5.10 Å². The maximum Gasteiger partial charge on any atom is 0.290 e. The number of amides is 1. The molecule has 8 nitrogen and oxygen atoms in total. The topological polar surface area (TPSA) is 97.4 Å². The van der Waals surface area contributed by atoms with Gasteiger partial charge in [-0.25, -0.2) is 13.1 Å². The molecule has 1 aromatic carbocycles. The van der Waals surface area contributed by atoms with Crippen LogP contribution < -0.4 is 4.72 Å². The summed E-state index contributed by atoms with van der Waals surface area (Å²) in [6.45, 7) is 0.899. The highest BCUT2D eigenvalue weighted by Crippen LogP contribution is 2.25. The highest BCUT2D eigenvalue weighted by molar-refractivity contribution is 7.88. The summed E-state index contributed by atoms with van der Waals surface area (Å²) in [5, 5.41) is 5.13. The lowest BCUT2D eigenvalue weighted by molar-refractivity contribution is 0.0641. The third-order valence-corrected chi connectivity index (χ3v) is 5.08. The third kappa shape index (κ3) is 3.23. The highest BCUT2D eigenvalue weighted by Gasteiger charge is 2.30. The Kier molecular flexibility index (Phi) is 4.04. The van der Waals surface area contributed by atoms with Crippen molar-refractivity contribution < 1.29 is 17.6 Å². The van der Waals surface area contributed by atoms with Gasteiger partial charge < -0.3 is 9.32 Å². The van der Waals surface area contributed by atoms with Gasteiger partial charge in [-0.1, -0.05) is 18.2 Å². The standard InChI is InChI=1S/C17H18N4O4S/c1-26(23,24)19-9-14-11-20(10-13-6-7-18-21(13)14)17(22)16-8-12-4-2-3-5-15(12)25-16/h2-8,14,19H,9-11H2,1H3/t14-/m0/s1. The van der Waals surface area contributed by atoms with Gasteiger partial charge in [0.25, 0.3) is 5.91 Å². The van der Waals surface area contributed by atoms with E-state index in [0.717, 1.165) is 17.3 Å². The summed E-state index contributed by atoms with van der Waals surface area (Å²) in [6, 6.07) is 10.7. The largest absolute Gasteiger partial charge is 0.451 e. The van der Waals surface area contributed by atoms with Crippen molar-refractivity contribution in [3.63, 3.8) is 0 Å². The van der Waals surface area contributed by atoms with Crippen LogP contribution >= 0.6 is 0 Å². The van der Waals surface area contributed by atoms with Gasteiger partial charge in [-0.05, 0) is 18.2 Å². The quantitative estimate of drug-likeness (QED) is 0.744. The molecule has 136 valence electrons. The molecule has 0 unspecified atom stereocenters. The van der Waals surface area contributed by atoms with E-state index in [-0.39, 0.29) is 24.3 Å². The van der Waals surface area contributed by atoms with Crippen LogP contribution in [0.5, 0.6) is 0 Å². The molecule has 0 radical (unpaired) electrons. The summed E-state index contributed by atoms with van der Waals surface area (Å²) in [6.07, 6.45) is 2.76. The first kappa shape index (κ1) is 16.8. The molecule has 1 atom stereocenters. The van der Waals surface area contributed by atoms with Gasteiger partial charge in [0.05, 0.1) is 24.5 Å². The predicted molar refractivity (Wildman–Crippen MR) is 95.1 cm³/mol. The number of furan rings is 1. The molecule has 3 heterocycles. The Labute approximate surface area is 150 Å². The number of nitrogens with one attached hydrogen (secondary N) is 1. The molecule has 1 amide bonds. The summed E-state index contributed by atoms with van der Waals surface area (Å²) in [5.41, 5.74) is 1.51. The van der Waals surface area contributed by atoms with Crippen LogP contribution in [0.4, 0.5) is 0 Å². The number of aromatic nitrogens is 2. The number of hydrogen-bond donors (Lipinski definition) is 1. The summed E-state index contributed by atoms with van der Waals surface area (Å²) >= 11 is 0. The molecular weight excluding hydrogens is 356 g/mol. The first-order chi connectivity index (χ1) is 12.4. The SMILES string of the molecule is CS(=O)(=O)NC[C@H]1CN(C(=O)c2cc3ccccc3o2)Cc2ccnn21. The van der Waals surface area contributed by atoms with E-state index in [2.05, 4.69) is 9.82 Å². The zero-order valence-corrected chi connectivity index (χ0v) is 14.9. The van der Waals surface area contributed by atoms with Crippen LogP contribution in [0.2, 0.25) is 0 Å². The lowest BCUT2D eigenvalue weighted by atomic mass is 10.1. The minimum atomic E-state index is -3.33. The van der Waals surface area contributed by atoms with Crippen LogP contribution in [0.25, 0.3) is 11.0 Å². The number of carbonyl (C=O) groups is 1. The minimum absolute atomic E-state index is 0.164. The molecule has 1 aliphatic heterocycles. The number of sulfonamides is 1. The molecule has 1 N–H and O–H groups in total. The van der Waals surface area contributed by atoms with E-state index >= 15 is 0 Å². The van der Waals surface area contributed by atoms with E-state index in [9.17, 15) is 13.2 Å². The van der Waals surface area contributed by atoms with Gasteiger partial charge in [0, 0.05) is 24.7 Å². The van der Waals surface area contributed by atoms with E-state index in [4.69, 9.17) is 4.42 Å². The Hall–Kier alpha value is -2.65. The van der Waals surface area contributed by atoms with E-state index in [1.807, 2.05) is 30.3 Å². The van der Waals surface area contributed by atoms with Crippen molar-refractivity contribution in [1.29, 1.82) is 0 Å². The highest BCUT2D eigenvalue weighted by atomic mass is 32.2. The van der Waals surface area contributed by atoms with Crippen LogP contribution in [-0.4, -0.2) is 48.4 Å². The van der Waals surface area contributed by atoms with Crippen molar-refractivity contribution in [2.45, 2.75) is 12.6 Å². The van der Waals surface area contributed by atoms with E-state index in [1.54, 1.807) is 21.8 Å². The summed E-state index contributed by atoms with van der Waals surface area (Å²) in [7, 11) is -3.33. The van der Waals surface area contributed by atoms with Crippen molar-refractivity contribution in [2.75, 3.05) is 19.3 Å². The van der Waals surface area contributed by atoms with Gasteiger partial charge in [0.2, 0.25) is 10.0 Å². The fourth-order valence-electron chi connectivity index (χ4n) is 3.18. The molecule has 1 aliphatic rings. The molecule has 9 heteroatoms. The molecule has 4 rings (SSSR count). The molecule has 0 bridgehead atoms. The molecule has 3 aromatic rings. The first-order valence-electron chi connectivity index (χ1n) is 8.15. The lowest BCUT2D eigenvalue weighted by Gasteiger charge is -2.33. The second kappa shape index (κ2) is 6.26. The number of benzene rings is 1. The molecule has 2 aromatic heterocycles. The summed E-state index contributed by atoms with van der Waals surface area (Å²) < 4.78 is 32.8. The zero-order valence-electron chi connectivity index (χ0n) is 14.1. The fourth-order valence-corrected chi connectivity index (χ4v) is 3.68. The van der Waals surface area contributed by atoms with Crippen LogP contribution in [0.3, 0.4) is 0 Å². The van der Waals surface area contributed by atoms with Gasteiger partial charge in [-0.3, -0.25) is 9.48 Å². The number of fused-ring (bicyclic) bond motifs is 2. The van der Waals surface area contributed by atoms with Crippen molar-refractivity contribution in [2.24, 2.45) is 0 Å². The van der Waals surface area contributed by atoms with Crippen molar-refractivity contribution in [3.05, 3.63) is 54.0 Å². The van der Waals surface area contributed by atoms with Gasteiger partial charge in [0.15, 0.2) is 5.76 Å². The second-order valence-corrected chi connectivity index (χ2v) is 8.21. The lowest BCUT2D eigenvalue weighted by Crippen LogP contribution is -2.45. The Morgan fingerprint density at radius 1 is 1.35 bits per heavy atom. The van der Waals surface area contributed by atoms with Crippen molar-refractivity contribution in [3.8, 4) is 0 Å². The molecule has 0 saturated heterocycles. The normalized spacial score (nSPS) is 17.4. The van der Waals surface area contributed by atoms with Crippen LogP contribution in [0, 0.1) is 0 Å². The average molecular weight is 374 g/mol. The molecule has 0 aliphatic carbocycles. The molecule has 26 heavy (non-hydrogen) atoms. The Morgan fingerprint density at radius 3 is 2.92 bits per heavy atom. The molecule has 0 saturated carbocycles. The Balaban J connectivity index is 1.59. The van der Waals surface area contributed by atoms with Crippen LogP contribution in [-0.2, 0) is 16.6 Å². The van der Waals surface area contributed by atoms with Gasteiger partial charge in [0.1, 0.15) is 5.58 Å². The number of nitrogens with zero attached hydrogens (tertiary/aromatic N) is 3. The summed E-state index contributed by atoms with van der Waals surface area (Å²) in [4.78, 5) is 14.6. The number of carbonyl (C=O) groups excluding carboxylic acids is 1. The van der Waals surface area contributed by atoms with Gasteiger partial charge >= 0.3 is 0 Å². The van der Waals surface area contributed by atoms with Crippen molar-refractivity contribution >= 4 is 26.9 Å². The smallest absolute Gasteiger partial charge is 0.290 e. The summed E-state index contributed by atoms with van der Waals surface area (Å²) in [5.74, 6) is 0.0481. The Morgan fingerprint density at radius 2 is 2.15 bits per heavy atom. The number of rotatable bonds is 4. The molecule has 0 spiro atoms. The van der Waals surface area contributed by atoms with E-state index in [0.29, 0.717) is 18.7 Å². The van der Waals surface area contributed by atoms with E-state index < -0.39 is 10.0 Å². The Bertz CT molecular complexity index is 1040. The maximum atomic E-state index is 12.9. The van der Waals surface area contributed by atoms with Crippen LogP contribution in [0.15, 0.2) is 47.0 Å². The number of hydrogen-bond acceptors (Lipinski definition) is 5. The number of para-hydroxylation sites is 1. The van der Waals surface area contributed by atoms with Crippen molar-refractivity contribution in [1.82, 2.24) is 19.4 Å². The van der Waals surface area contributed by atoms with Crippen LogP contribution in [0.1, 0.15) is 22.3 Å². The second-order valence-electron chi connectivity index (χ2n) is 6.38. The fraction of sp³-hybridized carbons (Fsp3) is 0.294.